The van der Waals surface area contributed by atoms with Crippen LogP contribution >= 0.6 is 0 Å². The van der Waals surface area contributed by atoms with Crippen molar-refractivity contribution >= 4 is 5.69 Å². The monoisotopic (exact) mass is 237 g/mol. The van der Waals surface area contributed by atoms with Crippen LogP contribution in [-0.2, 0) is 4.74 Å². The van der Waals surface area contributed by atoms with Crippen molar-refractivity contribution < 1.29 is 19.5 Å². The fourth-order valence-corrected chi connectivity index (χ4v) is 2.17. The molecule has 2 heterocycles. The zero-order valence-electron chi connectivity index (χ0n) is 9.34. The van der Waals surface area contributed by atoms with Crippen molar-refractivity contribution in [1.82, 2.24) is 0 Å². The number of nitro benzene ring substituents is 1. The van der Waals surface area contributed by atoms with Crippen LogP contribution in [0.1, 0.15) is 25.5 Å². The van der Waals surface area contributed by atoms with Gasteiger partial charge in [-0.15, -0.1) is 0 Å². The third-order valence-corrected chi connectivity index (χ3v) is 3.31. The van der Waals surface area contributed by atoms with Gasteiger partial charge in [-0.1, -0.05) is 0 Å². The number of non-ortho nitro benzene ring substituents is 1. The van der Waals surface area contributed by atoms with E-state index in [1.54, 1.807) is 19.9 Å². The van der Waals surface area contributed by atoms with Gasteiger partial charge >= 0.3 is 0 Å². The summed E-state index contributed by atoms with van der Waals surface area (Å²) in [6.45, 7) is 3.38. The lowest BCUT2D eigenvalue weighted by Gasteiger charge is -2.33. The molecule has 1 saturated heterocycles. The number of benzene rings is 1. The Hall–Kier alpha value is -1.66. The molecular weight excluding hydrogens is 226 g/mol. The Morgan fingerprint density at radius 3 is 2.82 bits per heavy atom. The molecule has 1 fully saturated rings. The molecule has 1 N–H and O–H groups in total. The minimum absolute atomic E-state index is 0.0364. The number of fused-ring (bicyclic) bond motifs is 3. The maximum atomic E-state index is 10.7. The molecule has 6 nitrogen and oxygen atoms in total. The number of epoxide rings is 1. The Morgan fingerprint density at radius 2 is 2.18 bits per heavy atom. The molecule has 0 radical (unpaired) electrons. The van der Waals surface area contributed by atoms with Crippen LogP contribution in [0.5, 0.6) is 5.75 Å². The molecule has 90 valence electrons. The summed E-state index contributed by atoms with van der Waals surface area (Å²) >= 11 is 0. The number of nitrogens with zero attached hydrogens (tertiary/aromatic N) is 1. The lowest BCUT2D eigenvalue weighted by molar-refractivity contribution is -0.385. The van der Waals surface area contributed by atoms with E-state index in [9.17, 15) is 15.2 Å². The van der Waals surface area contributed by atoms with E-state index in [0.29, 0.717) is 11.3 Å². The maximum absolute atomic E-state index is 10.7. The van der Waals surface area contributed by atoms with Gasteiger partial charge < -0.3 is 14.6 Å². The number of hydrogen-bond donors (Lipinski definition) is 1. The van der Waals surface area contributed by atoms with Gasteiger partial charge in [0.25, 0.3) is 5.69 Å². The highest BCUT2D eigenvalue weighted by Gasteiger charge is 2.70. The molecule has 0 aromatic heterocycles. The second-order valence-electron chi connectivity index (χ2n) is 4.79. The normalized spacial score (nSPS) is 32.1. The summed E-state index contributed by atoms with van der Waals surface area (Å²) in [4.78, 5) is 10.2. The molecule has 0 unspecified atom stereocenters. The lowest BCUT2D eigenvalue weighted by Crippen LogP contribution is -2.47. The Bertz CT molecular complexity index is 527. The minimum atomic E-state index is -1.32. The van der Waals surface area contributed by atoms with Gasteiger partial charge in [-0.05, 0) is 19.9 Å². The Kier molecular flexibility index (Phi) is 1.71. The molecule has 0 spiro atoms. The van der Waals surface area contributed by atoms with Crippen LogP contribution < -0.4 is 4.74 Å². The third kappa shape index (κ3) is 1.22. The summed E-state index contributed by atoms with van der Waals surface area (Å²) < 4.78 is 10.9. The molecule has 2 aliphatic heterocycles. The van der Waals surface area contributed by atoms with Gasteiger partial charge in [0, 0.05) is 11.6 Å². The number of ether oxygens (including phenoxy) is 2. The van der Waals surface area contributed by atoms with Crippen LogP contribution in [0.3, 0.4) is 0 Å². The smallest absolute Gasteiger partial charge is 0.273 e. The fraction of sp³-hybridized carbons (Fsp3) is 0.455. The Morgan fingerprint density at radius 1 is 1.47 bits per heavy atom. The van der Waals surface area contributed by atoms with E-state index < -0.39 is 22.4 Å². The van der Waals surface area contributed by atoms with Gasteiger partial charge in [0.1, 0.15) is 11.9 Å². The third-order valence-electron chi connectivity index (χ3n) is 3.31. The first-order chi connectivity index (χ1) is 7.85. The van der Waals surface area contributed by atoms with E-state index in [0.717, 1.165) is 0 Å². The summed E-state index contributed by atoms with van der Waals surface area (Å²) in [5.41, 5.74) is -0.303. The van der Waals surface area contributed by atoms with E-state index in [4.69, 9.17) is 9.47 Å². The van der Waals surface area contributed by atoms with Gasteiger partial charge in [0.2, 0.25) is 5.79 Å². The summed E-state index contributed by atoms with van der Waals surface area (Å²) in [7, 11) is 0. The molecule has 0 amide bonds. The summed E-state index contributed by atoms with van der Waals surface area (Å²) in [5, 5.41) is 20.8. The number of rotatable bonds is 1. The highest BCUT2D eigenvalue weighted by molar-refractivity contribution is 5.50. The molecule has 6 heteroatoms. The molecule has 17 heavy (non-hydrogen) atoms. The van der Waals surface area contributed by atoms with Crippen LogP contribution in [0.4, 0.5) is 5.69 Å². The molecule has 2 aliphatic rings. The molecule has 1 aromatic rings. The van der Waals surface area contributed by atoms with Crippen molar-refractivity contribution in [3.05, 3.63) is 33.9 Å². The van der Waals surface area contributed by atoms with Gasteiger partial charge in [-0.3, -0.25) is 10.1 Å². The van der Waals surface area contributed by atoms with E-state index in [-0.39, 0.29) is 5.69 Å². The standard InChI is InChI=1S/C11H11NO5/c1-10(2)11(13)9(17-11)7-4-3-6(12(14)15)5-8(7)16-10/h3-5,9,13H,1-2H3/t9-,11-/m0/s1. The summed E-state index contributed by atoms with van der Waals surface area (Å²) in [6.07, 6.45) is -0.456. The van der Waals surface area contributed by atoms with Crippen LogP contribution in [0.2, 0.25) is 0 Å². The first-order valence-electron chi connectivity index (χ1n) is 5.23. The lowest BCUT2D eigenvalue weighted by atomic mass is 9.91. The number of aliphatic hydroxyl groups is 1. The van der Waals surface area contributed by atoms with Crippen LogP contribution in [-0.4, -0.2) is 21.4 Å². The first kappa shape index (κ1) is 10.5. The molecule has 1 aromatic carbocycles. The molecule has 0 bridgehead atoms. The second-order valence-corrected chi connectivity index (χ2v) is 4.79. The fourth-order valence-electron chi connectivity index (χ4n) is 2.17. The van der Waals surface area contributed by atoms with Crippen LogP contribution in [0.15, 0.2) is 18.2 Å². The predicted molar refractivity (Wildman–Crippen MR) is 56.6 cm³/mol. The predicted octanol–water partition coefficient (Wildman–Crippen LogP) is 1.53. The Balaban J connectivity index is 2.10. The largest absolute Gasteiger partial charge is 0.481 e. The second kappa shape index (κ2) is 2.77. The van der Waals surface area contributed by atoms with Crippen molar-refractivity contribution in [3.8, 4) is 5.75 Å². The average Bonchev–Trinajstić information content (AvgIpc) is 2.91. The first-order valence-corrected chi connectivity index (χ1v) is 5.23. The zero-order chi connectivity index (χ0) is 12.4. The van der Waals surface area contributed by atoms with Gasteiger partial charge in [-0.2, -0.15) is 0 Å². The van der Waals surface area contributed by atoms with Crippen molar-refractivity contribution in [2.45, 2.75) is 31.3 Å². The van der Waals surface area contributed by atoms with E-state index in [1.165, 1.54) is 12.1 Å². The van der Waals surface area contributed by atoms with Gasteiger partial charge in [-0.25, -0.2) is 0 Å². The van der Waals surface area contributed by atoms with Crippen molar-refractivity contribution in [2.24, 2.45) is 0 Å². The topological polar surface area (TPSA) is 85.1 Å². The zero-order valence-corrected chi connectivity index (χ0v) is 9.34. The number of hydrogen-bond acceptors (Lipinski definition) is 5. The molecule has 3 rings (SSSR count). The van der Waals surface area contributed by atoms with Gasteiger partial charge in [0.05, 0.1) is 11.0 Å². The Labute approximate surface area is 96.9 Å². The maximum Gasteiger partial charge on any atom is 0.273 e. The summed E-state index contributed by atoms with van der Waals surface area (Å²) in [5.74, 6) is -0.924. The molecule has 0 aliphatic carbocycles. The average molecular weight is 237 g/mol. The highest BCUT2D eigenvalue weighted by Crippen LogP contribution is 2.60. The highest BCUT2D eigenvalue weighted by atomic mass is 16.8. The van der Waals surface area contributed by atoms with Gasteiger partial charge in [0.15, 0.2) is 5.60 Å². The van der Waals surface area contributed by atoms with Crippen molar-refractivity contribution in [2.75, 3.05) is 0 Å². The van der Waals surface area contributed by atoms with Crippen molar-refractivity contribution in [1.29, 1.82) is 0 Å². The number of nitro groups is 1. The van der Waals surface area contributed by atoms with Crippen LogP contribution in [0, 0.1) is 10.1 Å². The minimum Gasteiger partial charge on any atom is -0.481 e. The van der Waals surface area contributed by atoms with E-state index >= 15 is 0 Å². The van der Waals surface area contributed by atoms with Crippen LogP contribution in [0.25, 0.3) is 0 Å². The summed E-state index contributed by atoms with van der Waals surface area (Å²) in [6, 6.07) is 4.30. The molecule has 2 atom stereocenters. The quantitative estimate of drug-likeness (QED) is 0.454. The van der Waals surface area contributed by atoms with Crippen molar-refractivity contribution in [3.63, 3.8) is 0 Å². The molecular formula is C11H11NO5. The van der Waals surface area contributed by atoms with E-state index in [1.807, 2.05) is 0 Å². The molecule has 0 saturated carbocycles. The van der Waals surface area contributed by atoms with E-state index in [2.05, 4.69) is 0 Å². The SMILES string of the molecule is CC1(C)Oc2cc([N+](=O)[O-])ccc2[C@@H]2O[C@@]21O.